The maximum atomic E-state index is 12.4. The molecule has 128 valence electrons. The molecule has 1 aliphatic heterocycles. The van der Waals surface area contributed by atoms with E-state index in [-0.39, 0.29) is 12.3 Å². The topological polar surface area (TPSA) is 60.5 Å². The minimum absolute atomic E-state index is 0.125. The molecule has 8 heteroatoms. The maximum absolute atomic E-state index is 12.4. The summed E-state index contributed by atoms with van der Waals surface area (Å²) in [5.74, 6) is 1.19. The van der Waals surface area contributed by atoms with Gasteiger partial charge in [-0.2, -0.15) is 11.3 Å². The van der Waals surface area contributed by atoms with Gasteiger partial charge in [-0.3, -0.25) is 4.79 Å². The summed E-state index contributed by atoms with van der Waals surface area (Å²) in [6.45, 7) is 1.04. The molecule has 0 saturated carbocycles. The minimum atomic E-state index is -0.125. The fourth-order valence-corrected chi connectivity index (χ4v) is 4.38. The zero-order valence-electron chi connectivity index (χ0n) is 13.0. The molecule has 1 N–H and O–H groups in total. The highest BCUT2D eigenvalue weighted by Crippen LogP contribution is 2.38. The third-order valence-electron chi connectivity index (χ3n) is 3.57. The second kappa shape index (κ2) is 7.15. The largest absolute Gasteiger partial charge is 0.486 e. The molecule has 0 aliphatic carbocycles. The highest BCUT2D eigenvalue weighted by Gasteiger charge is 2.17. The van der Waals surface area contributed by atoms with E-state index in [0.29, 0.717) is 30.4 Å². The van der Waals surface area contributed by atoms with Crippen LogP contribution in [-0.2, 0) is 11.2 Å². The van der Waals surface area contributed by atoms with Crippen molar-refractivity contribution in [2.75, 3.05) is 18.5 Å². The monoisotopic (exact) mass is 436 g/mol. The Bertz CT molecular complexity index is 909. The van der Waals surface area contributed by atoms with Crippen LogP contribution in [-0.4, -0.2) is 24.1 Å². The molecule has 0 spiro atoms. The van der Waals surface area contributed by atoms with Gasteiger partial charge in [-0.1, -0.05) is 0 Å². The molecular formula is C17H13BrN2O3S2. The summed E-state index contributed by atoms with van der Waals surface area (Å²) in [5.41, 5.74) is 2.51. The Hall–Kier alpha value is -1.90. The van der Waals surface area contributed by atoms with Crippen LogP contribution in [0.25, 0.3) is 10.6 Å². The molecule has 4 rings (SSSR count). The first-order valence-corrected chi connectivity index (χ1v) is 10.2. The number of nitrogens with one attached hydrogen (secondary N) is 1. The van der Waals surface area contributed by atoms with Gasteiger partial charge in [0.2, 0.25) is 5.91 Å². The number of rotatable bonds is 4. The highest BCUT2D eigenvalue weighted by atomic mass is 79.9. The summed E-state index contributed by atoms with van der Waals surface area (Å²) >= 11 is 6.64. The van der Waals surface area contributed by atoms with E-state index >= 15 is 0 Å². The highest BCUT2D eigenvalue weighted by molar-refractivity contribution is 9.10. The number of carbonyl (C=O) groups is 1. The second-order valence-corrected chi connectivity index (χ2v) is 7.85. The van der Waals surface area contributed by atoms with Crippen molar-refractivity contribution in [3.8, 4) is 22.1 Å². The van der Waals surface area contributed by atoms with E-state index in [4.69, 9.17) is 9.47 Å². The number of fused-ring (bicyclic) bond motifs is 1. The van der Waals surface area contributed by atoms with Crippen molar-refractivity contribution in [3.05, 3.63) is 44.5 Å². The number of hydrogen-bond acceptors (Lipinski definition) is 6. The number of aromatic nitrogens is 1. The first-order chi connectivity index (χ1) is 12.2. The van der Waals surface area contributed by atoms with Gasteiger partial charge in [0, 0.05) is 32.9 Å². The van der Waals surface area contributed by atoms with Crippen LogP contribution < -0.4 is 14.8 Å². The van der Waals surface area contributed by atoms with Crippen LogP contribution in [0.5, 0.6) is 11.5 Å². The van der Waals surface area contributed by atoms with Gasteiger partial charge < -0.3 is 14.8 Å². The Morgan fingerprint density at radius 3 is 2.80 bits per heavy atom. The fraction of sp³-hybridized carbons (Fsp3) is 0.176. The predicted molar refractivity (Wildman–Crippen MR) is 103 cm³/mol. The van der Waals surface area contributed by atoms with E-state index < -0.39 is 0 Å². The number of hydrogen-bond donors (Lipinski definition) is 1. The van der Waals surface area contributed by atoms with E-state index in [1.807, 2.05) is 22.9 Å². The van der Waals surface area contributed by atoms with Gasteiger partial charge in [0.15, 0.2) is 11.5 Å². The molecule has 1 amide bonds. The van der Waals surface area contributed by atoms with Crippen LogP contribution in [0.15, 0.2) is 38.8 Å². The van der Waals surface area contributed by atoms with Gasteiger partial charge in [0.1, 0.15) is 18.2 Å². The van der Waals surface area contributed by atoms with Crippen LogP contribution in [0.2, 0.25) is 0 Å². The first kappa shape index (κ1) is 16.6. The summed E-state index contributed by atoms with van der Waals surface area (Å²) in [4.78, 5) is 16.9. The summed E-state index contributed by atoms with van der Waals surface area (Å²) in [5, 5.41) is 9.82. The van der Waals surface area contributed by atoms with Crippen LogP contribution >= 0.6 is 38.6 Å². The molecule has 0 radical (unpaired) electrons. The maximum Gasteiger partial charge on any atom is 0.230 e. The molecule has 1 aromatic carbocycles. The van der Waals surface area contributed by atoms with Gasteiger partial charge in [-0.25, -0.2) is 4.98 Å². The van der Waals surface area contributed by atoms with Gasteiger partial charge in [0.05, 0.1) is 17.8 Å². The lowest BCUT2D eigenvalue weighted by Gasteiger charge is -2.20. The summed E-state index contributed by atoms with van der Waals surface area (Å²) in [6, 6.07) is 5.61. The van der Waals surface area contributed by atoms with E-state index in [1.54, 1.807) is 28.7 Å². The molecule has 0 bridgehead atoms. The van der Waals surface area contributed by atoms with Crippen molar-refractivity contribution < 1.29 is 14.3 Å². The summed E-state index contributed by atoms with van der Waals surface area (Å²) in [6.07, 6.45) is 0.224. The second-order valence-electron chi connectivity index (χ2n) is 5.36. The quantitative estimate of drug-likeness (QED) is 0.649. The fourth-order valence-electron chi connectivity index (χ4n) is 2.43. The van der Waals surface area contributed by atoms with E-state index in [0.717, 1.165) is 20.7 Å². The zero-order chi connectivity index (χ0) is 17.2. The number of carbonyl (C=O) groups excluding carboxylic acids is 1. The van der Waals surface area contributed by atoms with Crippen LogP contribution in [0, 0.1) is 0 Å². The van der Waals surface area contributed by atoms with Crippen molar-refractivity contribution >= 4 is 50.2 Å². The Balaban J connectivity index is 1.46. The van der Waals surface area contributed by atoms with Crippen LogP contribution in [0.1, 0.15) is 5.69 Å². The minimum Gasteiger partial charge on any atom is -0.486 e. The van der Waals surface area contributed by atoms with E-state index in [9.17, 15) is 4.79 Å². The van der Waals surface area contributed by atoms with Gasteiger partial charge >= 0.3 is 0 Å². The molecule has 3 heterocycles. The van der Waals surface area contributed by atoms with Crippen molar-refractivity contribution in [1.29, 1.82) is 0 Å². The average molecular weight is 437 g/mol. The lowest BCUT2D eigenvalue weighted by Crippen LogP contribution is -2.17. The number of halogens is 1. The lowest BCUT2D eigenvalue weighted by molar-refractivity contribution is -0.115. The molecule has 0 unspecified atom stereocenters. The molecule has 0 atom stereocenters. The van der Waals surface area contributed by atoms with Crippen LogP contribution in [0.4, 0.5) is 5.69 Å². The van der Waals surface area contributed by atoms with Gasteiger partial charge in [-0.05, 0) is 27.4 Å². The zero-order valence-corrected chi connectivity index (χ0v) is 16.2. The number of nitrogens with zero attached hydrogens (tertiary/aromatic N) is 1. The number of ether oxygens (including phenoxy) is 2. The number of thiophene rings is 1. The van der Waals surface area contributed by atoms with Crippen molar-refractivity contribution in [1.82, 2.24) is 4.98 Å². The van der Waals surface area contributed by atoms with Crippen LogP contribution in [0.3, 0.4) is 0 Å². The van der Waals surface area contributed by atoms with E-state index in [2.05, 4.69) is 31.6 Å². The Morgan fingerprint density at radius 1 is 1.24 bits per heavy atom. The molecule has 25 heavy (non-hydrogen) atoms. The SMILES string of the molecule is O=C(Cc1csc(-c2ccsc2)n1)Nc1cc2c(cc1Br)OCCO2. The lowest BCUT2D eigenvalue weighted by atomic mass is 10.2. The van der Waals surface area contributed by atoms with Crippen molar-refractivity contribution in [2.45, 2.75) is 6.42 Å². The third kappa shape index (κ3) is 3.70. The molecule has 5 nitrogen and oxygen atoms in total. The normalized spacial score (nSPS) is 12.8. The van der Waals surface area contributed by atoms with Gasteiger partial charge in [0.25, 0.3) is 0 Å². The van der Waals surface area contributed by atoms with Gasteiger partial charge in [-0.15, -0.1) is 11.3 Å². The number of anilines is 1. The molecule has 2 aromatic heterocycles. The van der Waals surface area contributed by atoms with E-state index in [1.165, 1.54) is 0 Å². The molecule has 0 saturated heterocycles. The molecule has 3 aromatic rings. The van der Waals surface area contributed by atoms with Crippen molar-refractivity contribution in [2.24, 2.45) is 0 Å². The Kier molecular flexibility index (Phi) is 4.74. The molecule has 0 fully saturated rings. The number of benzene rings is 1. The standard InChI is InChI=1S/C17H13BrN2O3S2/c18-12-6-14-15(23-3-2-22-14)7-13(12)20-16(21)5-11-9-25-17(19-11)10-1-4-24-8-10/h1,4,6-9H,2-3,5H2,(H,20,21). The molecule has 1 aliphatic rings. The Morgan fingerprint density at radius 2 is 2.04 bits per heavy atom. The Labute approximate surface area is 160 Å². The summed E-state index contributed by atoms with van der Waals surface area (Å²) < 4.78 is 11.8. The predicted octanol–water partition coefficient (Wildman–Crippen LogP) is 4.59. The first-order valence-electron chi connectivity index (χ1n) is 7.55. The third-order valence-corrected chi connectivity index (χ3v) is 5.85. The molecular weight excluding hydrogens is 424 g/mol. The average Bonchev–Trinajstić information content (AvgIpc) is 3.26. The number of thiazole rings is 1. The summed E-state index contributed by atoms with van der Waals surface area (Å²) in [7, 11) is 0. The number of amides is 1. The smallest absolute Gasteiger partial charge is 0.230 e. The van der Waals surface area contributed by atoms with Crippen molar-refractivity contribution in [3.63, 3.8) is 0 Å².